The molecule has 0 amide bonds. The quantitative estimate of drug-likeness (QED) is 0.909. The second kappa shape index (κ2) is 6.34. The zero-order valence-corrected chi connectivity index (χ0v) is 12.5. The molecule has 0 aliphatic carbocycles. The van der Waals surface area contributed by atoms with E-state index in [0.717, 1.165) is 18.4 Å². The van der Waals surface area contributed by atoms with Gasteiger partial charge < -0.3 is 15.6 Å². The highest BCUT2D eigenvalue weighted by molar-refractivity contribution is 5.89. The number of carbonyl (C=O) groups is 1. The Balaban J connectivity index is 1.98. The number of benzene rings is 1. The third-order valence-corrected chi connectivity index (χ3v) is 4.14. The second-order valence-corrected chi connectivity index (χ2v) is 5.59. The first-order valence-corrected chi connectivity index (χ1v) is 7.42. The molecule has 2 aromatic rings. The van der Waals surface area contributed by atoms with E-state index in [1.807, 2.05) is 6.07 Å². The molecule has 0 bridgehead atoms. The van der Waals surface area contributed by atoms with Crippen molar-refractivity contribution in [1.82, 2.24) is 4.98 Å². The lowest BCUT2D eigenvalue weighted by Gasteiger charge is -2.22. The topological polar surface area (TPSA) is 85.4 Å². The zero-order chi connectivity index (χ0) is 16.4. The average molecular weight is 316 g/mol. The molecule has 1 fully saturated rings. The molecule has 5 nitrogen and oxygen atoms in total. The van der Waals surface area contributed by atoms with Crippen molar-refractivity contribution < 1.29 is 19.0 Å². The summed E-state index contributed by atoms with van der Waals surface area (Å²) < 4.78 is 19.3. The number of anilines is 1. The molecule has 1 aliphatic rings. The number of carboxylic acids is 1. The molecule has 0 atom stereocenters. The molecule has 0 spiro atoms. The van der Waals surface area contributed by atoms with Crippen LogP contribution in [-0.4, -0.2) is 29.3 Å². The highest BCUT2D eigenvalue weighted by Crippen LogP contribution is 2.32. The summed E-state index contributed by atoms with van der Waals surface area (Å²) in [5.74, 6) is -1.44. The molecular weight excluding hydrogens is 299 g/mol. The number of halogens is 1. The predicted octanol–water partition coefficient (Wildman–Crippen LogP) is 3.06. The third-order valence-electron chi connectivity index (χ3n) is 4.14. The number of ether oxygens (including phenoxy) is 1. The maximum absolute atomic E-state index is 13.9. The number of rotatable bonds is 3. The average Bonchev–Trinajstić information content (AvgIpc) is 2.55. The third kappa shape index (κ3) is 3.17. The van der Waals surface area contributed by atoms with E-state index in [0.29, 0.717) is 36.1 Å². The van der Waals surface area contributed by atoms with Gasteiger partial charge in [0.05, 0.1) is 5.56 Å². The van der Waals surface area contributed by atoms with Gasteiger partial charge >= 0.3 is 5.97 Å². The number of carboxylic acid groups (broad SMARTS) is 1. The number of nitrogens with two attached hydrogens (primary N) is 1. The highest BCUT2D eigenvalue weighted by atomic mass is 19.1. The van der Waals surface area contributed by atoms with E-state index in [4.69, 9.17) is 15.6 Å². The summed E-state index contributed by atoms with van der Waals surface area (Å²) in [5, 5.41) is 8.91. The maximum Gasteiger partial charge on any atom is 0.338 e. The molecule has 1 saturated heterocycles. The van der Waals surface area contributed by atoms with E-state index in [2.05, 4.69) is 4.98 Å². The number of hydrogen-bond donors (Lipinski definition) is 2. The first-order chi connectivity index (χ1) is 11.1. The van der Waals surface area contributed by atoms with E-state index >= 15 is 0 Å². The molecule has 0 radical (unpaired) electrons. The molecule has 3 rings (SSSR count). The van der Waals surface area contributed by atoms with Gasteiger partial charge in [0.15, 0.2) is 0 Å². The van der Waals surface area contributed by atoms with Gasteiger partial charge in [0.25, 0.3) is 0 Å². The van der Waals surface area contributed by atoms with Gasteiger partial charge in [-0.25, -0.2) is 14.2 Å². The second-order valence-electron chi connectivity index (χ2n) is 5.59. The zero-order valence-electron chi connectivity index (χ0n) is 12.5. The Bertz CT molecular complexity index is 743. The number of pyridine rings is 1. The fourth-order valence-electron chi connectivity index (χ4n) is 2.83. The van der Waals surface area contributed by atoms with Crippen LogP contribution >= 0.6 is 0 Å². The summed E-state index contributed by atoms with van der Waals surface area (Å²) in [6, 6.07) is 5.89. The number of aromatic nitrogens is 1. The van der Waals surface area contributed by atoms with Crippen LogP contribution < -0.4 is 5.73 Å². The molecule has 1 aromatic carbocycles. The number of nitrogens with zero attached hydrogens (tertiary/aromatic N) is 1. The monoisotopic (exact) mass is 316 g/mol. The lowest BCUT2D eigenvalue weighted by molar-refractivity contribution is 0.0692. The summed E-state index contributed by atoms with van der Waals surface area (Å²) in [5.41, 5.74) is 7.74. The summed E-state index contributed by atoms with van der Waals surface area (Å²) in [6.07, 6.45) is 3.57. The van der Waals surface area contributed by atoms with Crippen molar-refractivity contribution in [2.24, 2.45) is 0 Å². The molecular formula is C17H17FN2O3. The number of aromatic carboxylic acids is 1. The van der Waals surface area contributed by atoms with Crippen LogP contribution in [0.5, 0.6) is 0 Å². The van der Waals surface area contributed by atoms with Crippen LogP contribution in [0.25, 0.3) is 11.1 Å². The Morgan fingerprint density at radius 3 is 2.70 bits per heavy atom. The van der Waals surface area contributed by atoms with Crippen molar-refractivity contribution in [3.8, 4) is 11.1 Å². The molecule has 1 aromatic heterocycles. The standard InChI is InChI=1S/C17H17FN2O3/c18-15-8-11(1-2-13(15)17(21)22)14-7-12(9-20-16(14)19)10-3-5-23-6-4-10/h1-2,7-10H,3-6H2,(H2,19,20)(H,21,22). The molecule has 23 heavy (non-hydrogen) atoms. The predicted molar refractivity (Wildman–Crippen MR) is 83.8 cm³/mol. The molecule has 120 valence electrons. The summed E-state index contributed by atoms with van der Waals surface area (Å²) in [6.45, 7) is 1.43. The Labute approximate surface area is 132 Å². The Morgan fingerprint density at radius 1 is 1.30 bits per heavy atom. The van der Waals surface area contributed by atoms with Gasteiger partial charge in [0.2, 0.25) is 0 Å². The highest BCUT2D eigenvalue weighted by Gasteiger charge is 2.19. The van der Waals surface area contributed by atoms with Crippen molar-refractivity contribution in [3.05, 3.63) is 47.4 Å². The van der Waals surface area contributed by atoms with Gasteiger partial charge in [-0.05, 0) is 48.1 Å². The van der Waals surface area contributed by atoms with E-state index < -0.39 is 11.8 Å². The molecule has 2 heterocycles. The maximum atomic E-state index is 13.9. The lowest BCUT2D eigenvalue weighted by atomic mass is 9.91. The van der Waals surface area contributed by atoms with Crippen LogP contribution in [0.15, 0.2) is 30.5 Å². The van der Waals surface area contributed by atoms with Crippen molar-refractivity contribution in [2.45, 2.75) is 18.8 Å². The smallest absolute Gasteiger partial charge is 0.338 e. The van der Waals surface area contributed by atoms with Gasteiger partial charge in [0.1, 0.15) is 11.6 Å². The van der Waals surface area contributed by atoms with Crippen LogP contribution in [0.3, 0.4) is 0 Å². The summed E-state index contributed by atoms with van der Waals surface area (Å²) in [7, 11) is 0. The van der Waals surface area contributed by atoms with Gasteiger partial charge in [-0.15, -0.1) is 0 Å². The first-order valence-electron chi connectivity index (χ1n) is 7.42. The van der Waals surface area contributed by atoms with Crippen LogP contribution in [0.1, 0.15) is 34.7 Å². The van der Waals surface area contributed by atoms with Crippen LogP contribution in [0, 0.1) is 5.82 Å². The van der Waals surface area contributed by atoms with Gasteiger partial charge in [-0.1, -0.05) is 6.07 Å². The SMILES string of the molecule is Nc1ncc(C2CCOCC2)cc1-c1ccc(C(=O)O)c(F)c1. The lowest BCUT2D eigenvalue weighted by Crippen LogP contribution is -2.14. The molecule has 0 saturated carbocycles. The van der Waals surface area contributed by atoms with E-state index in [9.17, 15) is 9.18 Å². The van der Waals surface area contributed by atoms with Crippen molar-refractivity contribution in [1.29, 1.82) is 0 Å². The Morgan fingerprint density at radius 2 is 2.04 bits per heavy atom. The van der Waals surface area contributed by atoms with E-state index in [1.165, 1.54) is 12.1 Å². The molecule has 6 heteroatoms. The fraction of sp³-hybridized carbons (Fsp3) is 0.294. The molecule has 0 unspecified atom stereocenters. The summed E-state index contributed by atoms with van der Waals surface area (Å²) in [4.78, 5) is 15.1. The minimum Gasteiger partial charge on any atom is -0.478 e. The number of hydrogen-bond acceptors (Lipinski definition) is 4. The number of nitrogen functional groups attached to an aromatic ring is 1. The van der Waals surface area contributed by atoms with Crippen molar-refractivity contribution in [3.63, 3.8) is 0 Å². The van der Waals surface area contributed by atoms with Crippen LogP contribution in [0.2, 0.25) is 0 Å². The molecule has 1 aliphatic heterocycles. The largest absolute Gasteiger partial charge is 0.478 e. The Hall–Kier alpha value is -2.47. The minimum atomic E-state index is -1.30. The minimum absolute atomic E-state index is 0.295. The van der Waals surface area contributed by atoms with E-state index in [-0.39, 0.29) is 5.56 Å². The van der Waals surface area contributed by atoms with Gasteiger partial charge in [-0.3, -0.25) is 0 Å². The molecule has 3 N–H and O–H groups in total. The van der Waals surface area contributed by atoms with Crippen LogP contribution in [-0.2, 0) is 4.74 Å². The van der Waals surface area contributed by atoms with Crippen LogP contribution in [0.4, 0.5) is 10.2 Å². The van der Waals surface area contributed by atoms with Crippen molar-refractivity contribution >= 4 is 11.8 Å². The first kappa shape index (κ1) is 15.4. The van der Waals surface area contributed by atoms with Crippen molar-refractivity contribution in [2.75, 3.05) is 18.9 Å². The normalized spacial score (nSPS) is 15.5. The van der Waals surface area contributed by atoms with E-state index in [1.54, 1.807) is 12.3 Å². The van der Waals surface area contributed by atoms with Gasteiger partial charge in [-0.2, -0.15) is 0 Å². The fourth-order valence-corrected chi connectivity index (χ4v) is 2.83. The van der Waals surface area contributed by atoms with Gasteiger partial charge in [0, 0.05) is 25.0 Å². The summed E-state index contributed by atoms with van der Waals surface area (Å²) >= 11 is 0. The Kier molecular flexibility index (Phi) is 4.25.